The van der Waals surface area contributed by atoms with Crippen molar-refractivity contribution >= 4 is 23.6 Å². The number of hydrogen-bond donors (Lipinski definition) is 1. The summed E-state index contributed by atoms with van der Waals surface area (Å²) in [5.74, 6) is 0.193. The average molecular weight is 385 g/mol. The van der Waals surface area contributed by atoms with Crippen LogP contribution in [-0.4, -0.2) is 35.1 Å². The molecule has 0 radical (unpaired) electrons. The van der Waals surface area contributed by atoms with Gasteiger partial charge in [0.15, 0.2) is 0 Å². The van der Waals surface area contributed by atoms with E-state index in [-0.39, 0.29) is 11.8 Å². The monoisotopic (exact) mass is 384 g/mol. The zero-order valence-electron chi connectivity index (χ0n) is 16.3. The van der Waals surface area contributed by atoms with Crippen LogP contribution in [0.3, 0.4) is 0 Å². The summed E-state index contributed by atoms with van der Waals surface area (Å²) >= 11 is 1.51. The maximum absolute atomic E-state index is 13.0. The van der Waals surface area contributed by atoms with Crippen molar-refractivity contribution in [1.82, 2.24) is 10.2 Å². The summed E-state index contributed by atoms with van der Waals surface area (Å²) in [4.78, 5) is 28.3. The van der Waals surface area contributed by atoms with Gasteiger partial charge >= 0.3 is 0 Å². The third-order valence-corrected chi connectivity index (χ3v) is 5.31. The van der Waals surface area contributed by atoms with Crippen LogP contribution in [0.5, 0.6) is 0 Å². The molecule has 27 heavy (non-hydrogen) atoms. The number of aryl methyl sites for hydroxylation is 1. The van der Waals surface area contributed by atoms with Crippen LogP contribution in [0.2, 0.25) is 0 Å². The van der Waals surface area contributed by atoms with Crippen LogP contribution in [-0.2, 0) is 16.1 Å². The predicted molar refractivity (Wildman–Crippen MR) is 112 cm³/mol. The molecule has 0 spiro atoms. The number of nitrogens with zero attached hydrogens (tertiary/aromatic N) is 1. The highest BCUT2D eigenvalue weighted by Crippen LogP contribution is 2.21. The second-order valence-corrected chi connectivity index (χ2v) is 7.48. The van der Waals surface area contributed by atoms with Crippen molar-refractivity contribution in [2.75, 3.05) is 12.3 Å². The standard InChI is InChI=1S/C22H28N2O2S/c1-4-20(22(26)23-5-2)24(15-18-9-7-6-8-10-18)21(25)16-27-19-13-11-17(3)12-14-19/h6-14,20H,4-5,15-16H2,1-3H3,(H,23,26)/t20-/m1/s1. The molecule has 0 saturated heterocycles. The number of thioether (sulfide) groups is 1. The summed E-state index contributed by atoms with van der Waals surface area (Å²) in [5.41, 5.74) is 2.22. The first-order valence-corrected chi connectivity index (χ1v) is 10.3. The molecule has 0 aliphatic rings. The smallest absolute Gasteiger partial charge is 0.242 e. The van der Waals surface area contributed by atoms with E-state index in [0.29, 0.717) is 25.3 Å². The lowest BCUT2D eigenvalue weighted by atomic mass is 10.1. The lowest BCUT2D eigenvalue weighted by Gasteiger charge is -2.30. The normalized spacial score (nSPS) is 11.7. The number of carbonyl (C=O) groups is 2. The van der Waals surface area contributed by atoms with Gasteiger partial charge in [-0.25, -0.2) is 0 Å². The van der Waals surface area contributed by atoms with Gasteiger partial charge in [0.1, 0.15) is 6.04 Å². The van der Waals surface area contributed by atoms with Crippen molar-refractivity contribution in [3.05, 3.63) is 65.7 Å². The molecule has 0 aliphatic heterocycles. The molecule has 2 aromatic carbocycles. The first-order valence-electron chi connectivity index (χ1n) is 9.35. The highest BCUT2D eigenvalue weighted by atomic mass is 32.2. The van der Waals surface area contributed by atoms with Crippen LogP contribution >= 0.6 is 11.8 Å². The van der Waals surface area contributed by atoms with Crippen molar-refractivity contribution in [2.45, 2.75) is 44.7 Å². The van der Waals surface area contributed by atoms with E-state index >= 15 is 0 Å². The lowest BCUT2D eigenvalue weighted by Crippen LogP contribution is -2.49. The fraction of sp³-hybridized carbons (Fsp3) is 0.364. The Morgan fingerprint density at radius 3 is 2.30 bits per heavy atom. The molecule has 0 heterocycles. The highest BCUT2D eigenvalue weighted by Gasteiger charge is 2.28. The van der Waals surface area contributed by atoms with Gasteiger partial charge in [-0.1, -0.05) is 55.0 Å². The van der Waals surface area contributed by atoms with Crippen LogP contribution in [0.15, 0.2) is 59.5 Å². The van der Waals surface area contributed by atoms with E-state index in [4.69, 9.17) is 0 Å². The minimum absolute atomic E-state index is 0.0254. The van der Waals surface area contributed by atoms with E-state index in [1.807, 2.05) is 75.4 Å². The molecule has 0 aromatic heterocycles. The zero-order chi connectivity index (χ0) is 19.6. The van der Waals surface area contributed by atoms with Gasteiger partial charge in [-0.05, 0) is 38.0 Å². The molecule has 1 atom stereocenters. The first kappa shape index (κ1) is 21.0. The van der Waals surface area contributed by atoms with Crippen LogP contribution in [0.4, 0.5) is 0 Å². The van der Waals surface area contributed by atoms with Gasteiger partial charge in [-0.2, -0.15) is 0 Å². The molecule has 0 bridgehead atoms. The van der Waals surface area contributed by atoms with Crippen LogP contribution in [0.1, 0.15) is 31.4 Å². The van der Waals surface area contributed by atoms with Crippen molar-refractivity contribution in [1.29, 1.82) is 0 Å². The van der Waals surface area contributed by atoms with Gasteiger partial charge in [0.25, 0.3) is 0 Å². The minimum Gasteiger partial charge on any atom is -0.355 e. The quantitative estimate of drug-likeness (QED) is 0.664. The second kappa shape index (κ2) is 10.8. The van der Waals surface area contributed by atoms with E-state index in [0.717, 1.165) is 10.5 Å². The predicted octanol–water partition coefficient (Wildman–Crippen LogP) is 4.03. The van der Waals surface area contributed by atoms with Gasteiger partial charge in [0, 0.05) is 18.0 Å². The van der Waals surface area contributed by atoms with E-state index in [2.05, 4.69) is 5.32 Å². The third-order valence-electron chi connectivity index (χ3n) is 4.32. The Morgan fingerprint density at radius 1 is 1.04 bits per heavy atom. The van der Waals surface area contributed by atoms with Gasteiger partial charge in [0.05, 0.1) is 5.75 Å². The van der Waals surface area contributed by atoms with Crippen LogP contribution < -0.4 is 5.32 Å². The molecule has 1 N–H and O–H groups in total. The molecule has 2 amide bonds. The van der Waals surface area contributed by atoms with Gasteiger partial charge in [0.2, 0.25) is 11.8 Å². The summed E-state index contributed by atoms with van der Waals surface area (Å²) in [5, 5.41) is 2.86. The fourth-order valence-corrected chi connectivity index (χ4v) is 3.64. The van der Waals surface area contributed by atoms with E-state index in [1.54, 1.807) is 4.90 Å². The van der Waals surface area contributed by atoms with Crippen LogP contribution in [0.25, 0.3) is 0 Å². The summed E-state index contributed by atoms with van der Waals surface area (Å²) in [7, 11) is 0. The van der Waals surface area contributed by atoms with Crippen LogP contribution in [0, 0.1) is 6.92 Å². The average Bonchev–Trinajstić information content (AvgIpc) is 2.68. The Balaban J connectivity index is 2.14. The van der Waals surface area contributed by atoms with Crippen molar-refractivity contribution in [2.24, 2.45) is 0 Å². The summed E-state index contributed by atoms with van der Waals surface area (Å²) < 4.78 is 0. The van der Waals surface area contributed by atoms with E-state index < -0.39 is 6.04 Å². The molecule has 0 aliphatic carbocycles. The molecule has 4 nitrogen and oxygen atoms in total. The number of hydrogen-bond acceptors (Lipinski definition) is 3. The second-order valence-electron chi connectivity index (χ2n) is 6.43. The Morgan fingerprint density at radius 2 is 1.70 bits per heavy atom. The number of amides is 2. The summed E-state index contributed by atoms with van der Waals surface area (Å²) in [6.07, 6.45) is 0.583. The number of nitrogens with one attached hydrogen (secondary N) is 1. The topological polar surface area (TPSA) is 49.4 Å². The molecule has 0 saturated carbocycles. The van der Waals surface area contributed by atoms with Crippen molar-refractivity contribution in [3.8, 4) is 0 Å². The SMILES string of the molecule is CCNC(=O)[C@@H](CC)N(Cc1ccccc1)C(=O)CSc1ccc(C)cc1. The van der Waals surface area contributed by atoms with Gasteiger partial charge in [-0.15, -0.1) is 11.8 Å². The Kier molecular flexibility index (Phi) is 8.40. The molecule has 5 heteroatoms. The number of likely N-dealkylation sites (N-methyl/N-ethyl adjacent to an activating group) is 1. The Hall–Kier alpha value is -2.27. The Labute approximate surface area is 166 Å². The summed E-state index contributed by atoms with van der Waals surface area (Å²) in [6.45, 7) is 6.86. The number of rotatable bonds is 9. The number of carbonyl (C=O) groups excluding carboxylic acids is 2. The molecular formula is C22H28N2O2S. The maximum atomic E-state index is 13.0. The zero-order valence-corrected chi connectivity index (χ0v) is 17.1. The molecule has 0 fully saturated rings. The fourth-order valence-electron chi connectivity index (χ4n) is 2.85. The molecule has 0 unspecified atom stereocenters. The summed E-state index contributed by atoms with van der Waals surface area (Å²) in [6, 6.07) is 17.5. The van der Waals surface area contributed by atoms with E-state index in [9.17, 15) is 9.59 Å². The molecule has 2 rings (SSSR count). The largest absolute Gasteiger partial charge is 0.355 e. The van der Waals surface area contributed by atoms with Gasteiger partial charge < -0.3 is 10.2 Å². The Bertz CT molecular complexity index is 732. The third kappa shape index (κ3) is 6.43. The van der Waals surface area contributed by atoms with E-state index in [1.165, 1.54) is 17.3 Å². The lowest BCUT2D eigenvalue weighted by molar-refractivity contribution is -0.139. The maximum Gasteiger partial charge on any atom is 0.242 e. The minimum atomic E-state index is -0.462. The highest BCUT2D eigenvalue weighted by molar-refractivity contribution is 8.00. The molecule has 144 valence electrons. The van der Waals surface area contributed by atoms with Crippen molar-refractivity contribution < 1.29 is 9.59 Å². The molecule has 2 aromatic rings. The number of benzene rings is 2. The van der Waals surface area contributed by atoms with Gasteiger partial charge in [-0.3, -0.25) is 9.59 Å². The molecular weight excluding hydrogens is 356 g/mol. The van der Waals surface area contributed by atoms with Crippen molar-refractivity contribution in [3.63, 3.8) is 0 Å². The first-order chi connectivity index (χ1) is 13.0.